The smallest absolute Gasteiger partial charge is 0.323 e. The number of hydrogen-bond acceptors (Lipinski definition) is 7. The second-order valence-electron chi connectivity index (χ2n) is 5.38. The molecule has 0 radical (unpaired) electrons. The minimum Gasteiger partial charge on any atom is -0.463 e. The molecule has 0 aromatic carbocycles. The molecule has 1 aromatic heterocycles. The summed E-state index contributed by atoms with van der Waals surface area (Å²) in [4.78, 5) is 26.4. The highest BCUT2D eigenvalue weighted by Crippen LogP contribution is 2.30. The molecule has 0 aliphatic carbocycles. The van der Waals surface area contributed by atoms with Crippen LogP contribution in [0, 0.1) is 5.92 Å². The van der Waals surface area contributed by atoms with E-state index in [2.05, 4.69) is 20.3 Å². The Hall–Kier alpha value is -2.12. The lowest BCUT2D eigenvalue weighted by atomic mass is 9.92. The molecular formula is C13H20N6O2. The second kappa shape index (κ2) is 5.71. The maximum absolute atomic E-state index is 11.8. The van der Waals surface area contributed by atoms with Crippen LogP contribution in [0.25, 0.3) is 0 Å². The molecule has 3 N–H and O–H groups in total. The summed E-state index contributed by atoms with van der Waals surface area (Å²) in [5, 5.41) is 2.91. The minimum absolute atomic E-state index is 0.0109. The fraction of sp³-hybridized carbons (Fsp3) is 0.692. The van der Waals surface area contributed by atoms with Gasteiger partial charge in [-0.15, -0.1) is 0 Å². The van der Waals surface area contributed by atoms with Crippen molar-refractivity contribution in [1.82, 2.24) is 20.3 Å². The van der Waals surface area contributed by atoms with E-state index in [-0.39, 0.29) is 29.8 Å². The highest BCUT2D eigenvalue weighted by atomic mass is 16.5. The number of aromatic nitrogens is 3. The molecule has 1 aromatic rings. The highest BCUT2D eigenvalue weighted by Gasteiger charge is 2.41. The number of nitrogens with two attached hydrogens (primary N) is 1. The molecule has 2 fully saturated rings. The van der Waals surface area contributed by atoms with Gasteiger partial charge in [0.1, 0.15) is 0 Å². The maximum atomic E-state index is 11.8. The number of fused-ring (bicyclic) bond motifs is 1. The first kappa shape index (κ1) is 13.8. The van der Waals surface area contributed by atoms with Crippen molar-refractivity contribution in [1.29, 1.82) is 0 Å². The monoisotopic (exact) mass is 292 g/mol. The third kappa shape index (κ3) is 2.70. The van der Waals surface area contributed by atoms with Crippen molar-refractivity contribution in [3.63, 3.8) is 0 Å². The lowest BCUT2D eigenvalue weighted by Gasteiger charge is -2.35. The molecule has 1 amide bonds. The van der Waals surface area contributed by atoms with Crippen molar-refractivity contribution >= 4 is 17.8 Å². The number of carbonyl (C=O) groups is 1. The van der Waals surface area contributed by atoms with Crippen molar-refractivity contribution in [3.05, 3.63) is 0 Å². The van der Waals surface area contributed by atoms with Gasteiger partial charge in [-0.2, -0.15) is 15.0 Å². The first-order chi connectivity index (χ1) is 10.2. The molecule has 2 atom stereocenters. The van der Waals surface area contributed by atoms with Gasteiger partial charge >= 0.3 is 6.01 Å². The zero-order chi connectivity index (χ0) is 14.8. The van der Waals surface area contributed by atoms with Crippen LogP contribution in [-0.2, 0) is 4.79 Å². The molecule has 0 bridgehead atoms. The average molecular weight is 292 g/mol. The molecule has 2 aliphatic rings. The third-order valence-corrected chi connectivity index (χ3v) is 3.91. The number of nitrogens with zero attached hydrogens (tertiary/aromatic N) is 4. The van der Waals surface area contributed by atoms with Gasteiger partial charge in [0.2, 0.25) is 17.8 Å². The predicted molar refractivity (Wildman–Crippen MR) is 76.9 cm³/mol. The number of amides is 1. The molecule has 3 rings (SSSR count). The van der Waals surface area contributed by atoms with Crippen molar-refractivity contribution in [2.24, 2.45) is 5.92 Å². The van der Waals surface area contributed by atoms with Gasteiger partial charge in [0, 0.05) is 13.1 Å². The van der Waals surface area contributed by atoms with Crippen molar-refractivity contribution in [2.75, 3.05) is 30.3 Å². The molecule has 3 heterocycles. The Labute approximate surface area is 123 Å². The van der Waals surface area contributed by atoms with E-state index in [0.717, 1.165) is 25.8 Å². The summed E-state index contributed by atoms with van der Waals surface area (Å²) in [6.07, 6.45) is 2.71. The SMILES string of the molecule is CCCOc1nc(N)nc(N2CCCC3C(=O)NCC32)n1. The third-order valence-electron chi connectivity index (χ3n) is 3.91. The zero-order valence-electron chi connectivity index (χ0n) is 12.1. The molecule has 21 heavy (non-hydrogen) atoms. The predicted octanol–water partition coefficient (Wildman–Crippen LogP) is -0.0426. The quantitative estimate of drug-likeness (QED) is 0.801. The van der Waals surface area contributed by atoms with E-state index in [1.165, 1.54) is 0 Å². The molecular weight excluding hydrogens is 272 g/mol. The van der Waals surface area contributed by atoms with Crippen LogP contribution in [0.5, 0.6) is 6.01 Å². The first-order valence-electron chi connectivity index (χ1n) is 7.37. The van der Waals surface area contributed by atoms with E-state index >= 15 is 0 Å². The Kier molecular flexibility index (Phi) is 3.76. The molecule has 0 spiro atoms. The van der Waals surface area contributed by atoms with Gasteiger partial charge in [-0.3, -0.25) is 4.79 Å². The van der Waals surface area contributed by atoms with Gasteiger partial charge < -0.3 is 20.7 Å². The minimum atomic E-state index is 0.0109. The summed E-state index contributed by atoms with van der Waals surface area (Å²) < 4.78 is 5.45. The van der Waals surface area contributed by atoms with Crippen LogP contribution in [0.3, 0.4) is 0 Å². The summed E-state index contributed by atoms with van der Waals surface area (Å²) in [6, 6.07) is 0.339. The van der Waals surface area contributed by atoms with Crippen LogP contribution < -0.4 is 20.7 Å². The lowest BCUT2D eigenvalue weighted by Crippen LogP contribution is -2.46. The summed E-state index contributed by atoms with van der Waals surface area (Å²) in [7, 11) is 0. The number of anilines is 2. The van der Waals surface area contributed by atoms with E-state index < -0.39 is 0 Å². The fourth-order valence-electron chi connectivity index (χ4n) is 2.95. The van der Waals surface area contributed by atoms with Gasteiger partial charge in [-0.05, 0) is 19.3 Å². The summed E-state index contributed by atoms with van der Waals surface area (Å²) >= 11 is 0. The zero-order valence-corrected chi connectivity index (χ0v) is 12.1. The Bertz CT molecular complexity index is 537. The normalized spacial score (nSPS) is 24.6. The number of nitrogens with one attached hydrogen (secondary N) is 1. The molecule has 114 valence electrons. The largest absolute Gasteiger partial charge is 0.463 e. The number of ether oxygens (including phenoxy) is 1. The number of hydrogen-bond donors (Lipinski definition) is 2. The summed E-state index contributed by atoms with van der Waals surface area (Å²) in [5.41, 5.74) is 5.75. The van der Waals surface area contributed by atoms with E-state index in [1.807, 2.05) is 11.8 Å². The Morgan fingerprint density at radius 3 is 3.10 bits per heavy atom. The van der Waals surface area contributed by atoms with Crippen molar-refractivity contribution in [2.45, 2.75) is 32.2 Å². The molecule has 8 heteroatoms. The molecule has 8 nitrogen and oxygen atoms in total. The second-order valence-corrected chi connectivity index (χ2v) is 5.38. The van der Waals surface area contributed by atoms with E-state index in [4.69, 9.17) is 10.5 Å². The molecule has 2 aliphatic heterocycles. The van der Waals surface area contributed by atoms with Gasteiger partial charge in [0.25, 0.3) is 0 Å². The van der Waals surface area contributed by atoms with Gasteiger partial charge in [-0.1, -0.05) is 6.92 Å². The number of rotatable bonds is 4. The Morgan fingerprint density at radius 1 is 1.43 bits per heavy atom. The molecule has 2 unspecified atom stereocenters. The van der Waals surface area contributed by atoms with E-state index in [0.29, 0.717) is 19.1 Å². The number of nitrogen functional groups attached to an aromatic ring is 1. The maximum Gasteiger partial charge on any atom is 0.323 e. The lowest BCUT2D eigenvalue weighted by molar-refractivity contribution is -0.123. The first-order valence-corrected chi connectivity index (χ1v) is 7.37. The van der Waals surface area contributed by atoms with Crippen LogP contribution in [0.4, 0.5) is 11.9 Å². The fourth-order valence-corrected chi connectivity index (χ4v) is 2.95. The van der Waals surface area contributed by atoms with Crippen LogP contribution in [-0.4, -0.2) is 46.6 Å². The van der Waals surface area contributed by atoms with Crippen LogP contribution in [0.15, 0.2) is 0 Å². The van der Waals surface area contributed by atoms with Gasteiger partial charge in [-0.25, -0.2) is 0 Å². The van der Waals surface area contributed by atoms with E-state index in [9.17, 15) is 4.79 Å². The van der Waals surface area contributed by atoms with Crippen molar-refractivity contribution in [3.8, 4) is 6.01 Å². The van der Waals surface area contributed by atoms with Crippen LogP contribution in [0.2, 0.25) is 0 Å². The number of piperidine rings is 1. The summed E-state index contributed by atoms with van der Waals surface area (Å²) in [5.74, 6) is 0.774. The summed E-state index contributed by atoms with van der Waals surface area (Å²) in [6.45, 7) is 3.98. The standard InChI is InChI=1S/C13H20N6O2/c1-2-6-21-13-17-11(14)16-12(18-13)19-5-3-4-8-9(19)7-15-10(8)20/h8-9H,2-7H2,1H3,(H,15,20)(H2,14,16,17,18). The number of carbonyl (C=O) groups excluding carboxylic acids is 1. The van der Waals surface area contributed by atoms with Gasteiger partial charge in [0.15, 0.2) is 0 Å². The highest BCUT2D eigenvalue weighted by molar-refractivity contribution is 5.82. The van der Waals surface area contributed by atoms with Crippen LogP contribution >= 0.6 is 0 Å². The van der Waals surface area contributed by atoms with Gasteiger partial charge in [0.05, 0.1) is 18.6 Å². The molecule has 2 saturated heterocycles. The van der Waals surface area contributed by atoms with E-state index in [1.54, 1.807) is 0 Å². The topological polar surface area (TPSA) is 106 Å². The van der Waals surface area contributed by atoms with Crippen LogP contribution in [0.1, 0.15) is 26.2 Å². The average Bonchev–Trinajstić information content (AvgIpc) is 2.86. The Balaban J connectivity index is 1.85. The van der Waals surface area contributed by atoms with Crippen molar-refractivity contribution < 1.29 is 9.53 Å². The molecule has 0 saturated carbocycles. The Morgan fingerprint density at radius 2 is 2.29 bits per heavy atom.